The van der Waals surface area contributed by atoms with Crippen molar-refractivity contribution in [2.45, 2.75) is 44.0 Å². The van der Waals surface area contributed by atoms with Crippen LogP contribution < -0.4 is 15.4 Å². The number of carbonyl (C=O) groups is 1. The Kier molecular flexibility index (Phi) is 5.52. The van der Waals surface area contributed by atoms with Gasteiger partial charge in [0.1, 0.15) is 11.6 Å². The number of carboxylic acid groups (broad SMARTS) is 1. The normalized spacial score (nSPS) is 31.0. The smallest absolute Gasteiger partial charge is 0.387 e. The number of imidazole rings is 1. The summed E-state index contributed by atoms with van der Waals surface area (Å²) in [6.45, 7) is -1.70. The number of aliphatic imine (C=N–C) groups is 1. The summed E-state index contributed by atoms with van der Waals surface area (Å²) in [7, 11) is 0. The summed E-state index contributed by atoms with van der Waals surface area (Å²) in [5.74, 6) is -0.249. The molecule has 3 aromatic rings. The first-order valence-corrected chi connectivity index (χ1v) is 13.4. The number of rotatable bonds is 6. The minimum absolute atomic E-state index is 0.0368. The third-order valence-corrected chi connectivity index (χ3v) is 9.23. The number of aliphatic carboxylic acids is 1. The zero-order valence-corrected chi connectivity index (χ0v) is 21.2. The first-order valence-electron chi connectivity index (χ1n) is 13.4. The standard InChI is InChI=1S/C29H29F2N5O3/c30-27(31)39-23-5-2-1-4-19(23)21-8-9-24-35-20-7-6-18(14-22(20)36(21)24)29(33-12-3-13-34-29)28-11-10-17(15-32-16-28)25(28)26(37)38/h1-7,12-14,17,21,25,27,32-33H,8-11,15-16H2,(H,37,38). The molecule has 0 radical (unpaired) electrons. The maximum absolute atomic E-state index is 13.2. The lowest BCUT2D eigenvalue weighted by atomic mass is 9.62. The molecule has 1 saturated carbocycles. The van der Waals surface area contributed by atoms with Crippen LogP contribution in [0, 0.1) is 17.3 Å². The Morgan fingerprint density at radius 1 is 1.21 bits per heavy atom. The van der Waals surface area contributed by atoms with E-state index in [0.29, 0.717) is 31.5 Å². The lowest BCUT2D eigenvalue weighted by molar-refractivity contribution is -0.152. The number of hydrogen-bond acceptors (Lipinski definition) is 6. The number of aromatic nitrogens is 2. The van der Waals surface area contributed by atoms with Gasteiger partial charge in [-0.05, 0) is 56.0 Å². The van der Waals surface area contributed by atoms with Crippen molar-refractivity contribution in [2.75, 3.05) is 13.1 Å². The second-order valence-electron chi connectivity index (χ2n) is 11.0. The summed E-state index contributed by atoms with van der Waals surface area (Å²) in [5, 5.41) is 17.4. The number of allylic oxidation sites excluding steroid dienone is 1. The number of para-hydroxylation sites is 1. The third-order valence-electron chi connectivity index (χ3n) is 9.23. The topological polar surface area (TPSA) is 101 Å². The minimum Gasteiger partial charge on any atom is -0.481 e. The van der Waals surface area contributed by atoms with Crippen LogP contribution in [0.5, 0.6) is 5.75 Å². The van der Waals surface area contributed by atoms with Crippen molar-refractivity contribution in [3.63, 3.8) is 0 Å². The molecule has 4 aliphatic rings. The molecule has 5 atom stereocenters. The maximum atomic E-state index is 13.2. The van der Waals surface area contributed by atoms with Crippen molar-refractivity contribution in [2.24, 2.45) is 22.2 Å². The van der Waals surface area contributed by atoms with Crippen LogP contribution in [0.4, 0.5) is 8.78 Å². The molecule has 10 heteroatoms. The van der Waals surface area contributed by atoms with Gasteiger partial charge in [-0.2, -0.15) is 8.78 Å². The number of alkyl halides is 2. The van der Waals surface area contributed by atoms with E-state index in [9.17, 15) is 18.7 Å². The molecule has 1 saturated heterocycles. The molecule has 0 amide bonds. The fourth-order valence-corrected chi connectivity index (χ4v) is 7.75. The number of fused-ring (bicyclic) bond motifs is 5. The van der Waals surface area contributed by atoms with Gasteiger partial charge in [0.2, 0.25) is 0 Å². The lowest BCUT2D eigenvalue weighted by Crippen LogP contribution is -2.63. The van der Waals surface area contributed by atoms with Crippen molar-refractivity contribution >= 4 is 23.2 Å². The number of nitrogens with one attached hydrogen (secondary N) is 2. The van der Waals surface area contributed by atoms with Crippen LogP contribution in [0.3, 0.4) is 0 Å². The number of nitrogens with zero attached hydrogens (tertiary/aromatic N) is 3. The van der Waals surface area contributed by atoms with E-state index >= 15 is 0 Å². The number of carboxylic acids is 1. The highest BCUT2D eigenvalue weighted by atomic mass is 19.3. The summed E-state index contributed by atoms with van der Waals surface area (Å²) in [5.41, 5.74) is 1.54. The van der Waals surface area contributed by atoms with Crippen LogP contribution in [0.25, 0.3) is 11.0 Å². The molecule has 1 aliphatic carbocycles. The predicted octanol–water partition coefficient (Wildman–Crippen LogP) is 4.21. The molecular weight excluding hydrogens is 504 g/mol. The number of hydrogen-bond donors (Lipinski definition) is 3. The Morgan fingerprint density at radius 3 is 2.87 bits per heavy atom. The molecule has 4 heterocycles. The van der Waals surface area contributed by atoms with Crippen molar-refractivity contribution < 1.29 is 23.4 Å². The van der Waals surface area contributed by atoms with Crippen molar-refractivity contribution in [3.8, 4) is 5.75 Å². The van der Waals surface area contributed by atoms with Gasteiger partial charge in [0, 0.05) is 41.9 Å². The highest BCUT2D eigenvalue weighted by Crippen LogP contribution is 2.59. The molecule has 202 valence electrons. The SMILES string of the molecule is O=C(O)C1C2CCC1(C1(c3ccc4nc5n(c4c3)C(c3ccccc3OC(F)F)CC5)N=CC=CN1)CNC2. The average molecular weight is 534 g/mol. The van der Waals surface area contributed by atoms with Crippen LogP contribution in [0.15, 0.2) is 59.7 Å². The summed E-state index contributed by atoms with van der Waals surface area (Å²) < 4.78 is 33.4. The highest BCUT2D eigenvalue weighted by molar-refractivity contribution is 5.80. The van der Waals surface area contributed by atoms with Gasteiger partial charge in [-0.3, -0.25) is 9.79 Å². The summed E-state index contributed by atoms with van der Waals surface area (Å²) in [6, 6.07) is 12.7. The van der Waals surface area contributed by atoms with Gasteiger partial charge >= 0.3 is 12.6 Å². The second-order valence-corrected chi connectivity index (χ2v) is 11.0. The molecule has 39 heavy (non-hydrogen) atoms. The fraction of sp³-hybridized carbons (Fsp3) is 0.414. The third kappa shape index (κ3) is 3.46. The lowest BCUT2D eigenvalue weighted by Gasteiger charge is -2.52. The summed E-state index contributed by atoms with van der Waals surface area (Å²) >= 11 is 0. The van der Waals surface area contributed by atoms with Gasteiger partial charge in [0.15, 0.2) is 5.66 Å². The molecule has 1 aromatic heterocycles. The fourth-order valence-electron chi connectivity index (χ4n) is 7.75. The van der Waals surface area contributed by atoms with Crippen LogP contribution >= 0.6 is 0 Å². The van der Waals surface area contributed by atoms with Gasteiger partial charge in [-0.25, -0.2) is 4.98 Å². The molecule has 0 spiro atoms. The average Bonchev–Trinajstić information content (AvgIpc) is 3.58. The molecule has 7 rings (SSSR count). The van der Waals surface area contributed by atoms with Crippen LogP contribution in [-0.2, 0) is 16.9 Å². The van der Waals surface area contributed by atoms with Gasteiger partial charge in [-0.1, -0.05) is 24.3 Å². The number of ether oxygens (including phenoxy) is 1. The van der Waals surface area contributed by atoms with E-state index in [2.05, 4.69) is 21.3 Å². The molecule has 2 bridgehead atoms. The van der Waals surface area contributed by atoms with E-state index in [1.54, 1.807) is 18.3 Å². The predicted molar refractivity (Wildman–Crippen MR) is 141 cm³/mol. The highest BCUT2D eigenvalue weighted by Gasteiger charge is 2.65. The Bertz CT molecular complexity index is 1520. The molecule has 5 unspecified atom stereocenters. The van der Waals surface area contributed by atoms with Crippen molar-refractivity contribution in [1.82, 2.24) is 20.2 Å². The van der Waals surface area contributed by atoms with E-state index in [0.717, 1.165) is 35.3 Å². The Labute approximate surface area is 223 Å². The molecule has 2 aromatic carbocycles. The monoisotopic (exact) mass is 533 g/mol. The van der Waals surface area contributed by atoms with E-state index in [1.807, 2.05) is 36.5 Å². The molecule has 2 fully saturated rings. The summed E-state index contributed by atoms with van der Waals surface area (Å²) in [6.07, 6.45) is 8.37. The molecule has 3 aliphatic heterocycles. The zero-order chi connectivity index (χ0) is 26.8. The largest absolute Gasteiger partial charge is 0.481 e. The van der Waals surface area contributed by atoms with E-state index in [-0.39, 0.29) is 17.7 Å². The Hall–Kier alpha value is -3.79. The van der Waals surface area contributed by atoms with E-state index in [1.165, 1.54) is 0 Å². The number of benzene rings is 2. The quantitative estimate of drug-likeness (QED) is 0.439. The first-order chi connectivity index (χ1) is 18.9. The Balaban J connectivity index is 1.39. The summed E-state index contributed by atoms with van der Waals surface area (Å²) in [4.78, 5) is 22.5. The number of halogens is 2. The van der Waals surface area contributed by atoms with Crippen molar-refractivity contribution in [1.29, 1.82) is 0 Å². The maximum Gasteiger partial charge on any atom is 0.387 e. The van der Waals surface area contributed by atoms with Gasteiger partial charge in [0.05, 0.1) is 23.0 Å². The second kappa shape index (κ2) is 8.87. The van der Waals surface area contributed by atoms with Gasteiger partial charge in [0.25, 0.3) is 0 Å². The number of piperidine rings is 1. The zero-order valence-electron chi connectivity index (χ0n) is 21.2. The van der Waals surface area contributed by atoms with Crippen LogP contribution in [0.1, 0.15) is 42.3 Å². The van der Waals surface area contributed by atoms with Gasteiger partial charge < -0.3 is 25.0 Å². The molecule has 3 N–H and O–H groups in total. The van der Waals surface area contributed by atoms with Gasteiger partial charge in [-0.15, -0.1) is 0 Å². The van der Waals surface area contributed by atoms with E-state index < -0.39 is 29.6 Å². The van der Waals surface area contributed by atoms with E-state index in [4.69, 9.17) is 14.7 Å². The minimum atomic E-state index is -2.91. The van der Waals surface area contributed by atoms with Crippen molar-refractivity contribution in [3.05, 3.63) is 71.7 Å². The Morgan fingerprint density at radius 2 is 2.08 bits per heavy atom. The first kappa shape index (κ1) is 24.3. The van der Waals surface area contributed by atoms with Crippen LogP contribution in [0.2, 0.25) is 0 Å². The number of aryl methyl sites for hydroxylation is 1. The molecule has 8 nitrogen and oxygen atoms in total. The molecular formula is C29H29F2N5O3. The van der Waals surface area contributed by atoms with Crippen LogP contribution in [-0.4, -0.2) is 46.5 Å².